The van der Waals surface area contributed by atoms with Crippen molar-refractivity contribution in [3.63, 3.8) is 0 Å². The zero-order valence-electron chi connectivity index (χ0n) is 12.3. The quantitative estimate of drug-likeness (QED) is 0.821. The Morgan fingerprint density at radius 1 is 1.09 bits per heavy atom. The molecule has 0 aromatic heterocycles. The van der Waals surface area contributed by atoms with E-state index < -0.39 is 0 Å². The van der Waals surface area contributed by atoms with E-state index in [1.165, 1.54) is 0 Å². The first kappa shape index (κ1) is 16.4. The van der Waals surface area contributed by atoms with Crippen molar-refractivity contribution in [1.82, 2.24) is 5.32 Å². The van der Waals surface area contributed by atoms with Crippen LogP contribution in [0.25, 0.3) is 0 Å². The predicted molar refractivity (Wildman–Crippen MR) is 89.3 cm³/mol. The molecule has 5 heteroatoms. The largest absolute Gasteiger partial charge is 0.496 e. The maximum absolute atomic E-state index is 11.8. The first-order valence-electron chi connectivity index (χ1n) is 6.96. The normalized spacial score (nSPS) is 10.1. The molecule has 116 valence electrons. The van der Waals surface area contributed by atoms with Crippen LogP contribution in [0.3, 0.4) is 0 Å². The Kier molecular flexibility index (Phi) is 6.27. The van der Waals surface area contributed by atoms with Gasteiger partial charge in [-0.2, -0.15) is 0 Å². The summed E-state index contributed by atoms with van der Waals surface area (Å²) in [4.78, 5) is 11.8. The Bertz CT molecular complexity index is 631. The average molecular weight is 364 g/mol. The summed E-state index contributed by atoms with van der Waals surface area (Å²) in [6.45, 7) is 0.535. The summed E-state index contributed by atoms with van der Waals surface area (Å²) in [6, 6.07) is 15.2. The zero-order valence-corrected chi connectivity index (χ0v) is 13.9. The highest BCUT2D eigenvalue weighted by Crippen LogP contribution is 2.23. The molecule has 0 atom stereocenters. The van der Waals surface area contributed by atoms with Crippen molar-refractivity contribution in [2.45, 2.75) is 6.42 Å². The molecule has 2 aromatic carbocycles. The molecular formula is C17H18BrNO3. The van der Waals surface area contributed by atoms with E-state index in [-0.39, 0.29) is 12.5 Å². The number of carbonyl (C=O) groups excluding carboxylic acids is 1. The molecule has 22 heavy (non-hydrogen) atoms. The van der Waals surface area contributed by atoms with Crippen molar-refractivity contribution < 1.29 is 14.3 Å². The van der Waals surface area contributed by atoms with Crippen LogP contribution in [0.5, 0.6) is 11.5 Å². The van der Waals surface area contributed by atoms with Gasteiger partial charge in [0.1, 0.15) is 11.5 Å². The van der Waals surface area contributed by atoms with Crippen molar-refractivity contribution in [3.8, 4) is 11.5 Å². The fraction of sp³-hybridized carbons (Fsp3) is 0.235. The lowest BCUT2D eigenvalue weighted by atomic mass is 10.1. The lowest BCUT2D eigenvalue weighted by Crippen LogP contribution is -2.30. The molecule has 1 amide bonds. The van der Waals surface area contributed by atoms with E-state index in [4.69, 9.17) is 9.47 Å². The van der Waals surface area contributed by atoms with Crippen LogP contribution in [-0.2, 0) is 11.2 Å². The Balaban J connectivity index is 1.75. The first-order valence-corrected chi connectivity index (χ1v) is 7.76. The summed E-state index contributed by atoms with van der Waals surface area (Å²) >= 11 is 3.37. The molecule has 0 aliphatic rings. The third-order valence-electron chi connectivity index (χ3n) is 3.10. The molecule has 0 spiro atoms. The van der Waals surface area contributed by atoms with Crippen LogP contribution in [0, 0.1) is 0 Å². The van der Waals surface area contributed by atoms with Crippen LogP contribution in [0.2, 0.25) is 0 Å². The minimum atomic E-state index is -0.148. The van der Waals surface area contributed by atoms with E-state index in [0.29, 0.717) is 18.7 Å². The van der Waals surface area contributed by atoms with Crippen molar-refractivity contribution in [3.05, 3.63) is 58.6 Å². The van der Waals surface area contributed by atoms with E-state index in [9.17, 15) is 4.79 Å². The van der Waals surface area contributed by atoms with E-state index in [2.05, 4.69) is 21.2 Å². The Labute approximate surface area is 138 Å². The molecule has 0 bridgehead atoms. The van der Waals surface area contributed by atoms with Gasteiger partial charge in [0.2, 0.25) is 0 Å². The molecule has 0 unspecified atom stereocenters. The van der Waals surface area contributed by atoms with Gasteiger partial charge in [-0.15, -0.1) is 0 Å². The summed E-state index contributed by atoms with van der Waals surface area (Å²) < 4.78 is 11.6. The topological polar surface area (TPSA) is 47.6 Å². The number of methoxy groups -OCH3 is 1. The van der Waals surface area contributed by atoms with E-state index >= 15 is 0 Å². The SMILES string of the molecule is COc1ccccc1CCNC(=O)COc1ccccc1Br. The molecule has 0 aliphatic carbocycles. The summed E-state index contributed by atoms with van der Waals surface area (Å²) in [5, 5.41) is 2.84. The number of nitrogens with one attached hydrogen (secondary N) is 1. The Morgan fingerprint density at radius 3 is 2.50 bits per heavy atom. The molecule has 0 saturated carbocycles. The van der Waals surface area contributed by atoms with Gasteiger partial charge in [-0.25, -0.2) is 0 Å². The van der Waals surface area contributed by atoms with Gasteiger partial charge in [0.25, 0.3) is 5.91 Å². The standard InChI is InChI=1S/C17H18BrNO3/c1-21-15-8-4-2-6-13(15)10-11-19-17(20)12-22-16-9-5-3-7-14(16)18/h2-9H,10-12H2,1H3,(H,19,20). The van der Waals surface area contributed by atoms with Gasteiger partial charge < -0.3 is 14.8 Å². The maximum Gasteiger partial charge on any atom is 0.257 e. The van der Waals surface area contributed by atoms with Gasteiger partial charge in [0, 0.05) is 6.54 Å². The maximum atomic E-state index is 11.8. The molecule has 0 saturated heterocycles. The molecule has 2 aromatic rings. The van der Waals surface area contributed by atoms with Gasteiger partial charge in [-0.3, -0.25) is 4.79 Å². The van der Waals surface area contributed by atoms with Gasteiger partial charge in [0.05, 0.1) is 11.6 Å². The number of hydrogen-bond donors (Lipinski definition) is 1. The second-order valence-electron chi connectivity index (χ2n) is 4.63. The van der Waals surface area contributed by atoms with Crippen LogP contribution in [0.1, 0.15) is 5.56 Å². The number of carbonyl (C=O) groups is 1. The molecule has 0 radical (unpaired) electrons. The van der Waals surface area contributed by atoms with Crippen molar-refractivity contribution in [1.29, 1.82) is 0 Å². The lowest BCUT2D eigenvalue weighted by Gasteiger charge is -2.10. The van der Waals surface area contributed by atoms with E-state index in [0.717, 1.165) is 15.8 Å². The number of halogens is 1. The van der Waals surface area contributed by atoms with Crippen molar-refractivity contribution in [2.24, 2.45) is 0 Å². The van der Waals surface area contributed by atoms with Gasteiger partial charge in [-0.05, 0) is 46.1 Å². The second-order valence-corrected chi connectivity index (χ2v) is 5.49. The highest BCUT2D eigenvalue weighted by Gasteiger charge is 2.06. The third kappa shape index (κ3) is 4.77. The first-order chi connectivity index (χ1) is 10.7. The van der Waals surface area contributed by atoms with Crippen LogP contribution in [0.15, 0.2) is 53.0 Å². The highest BCUT2D eigenvalue weighted by molar-refractivity contribution is 9.10. The minimum Gasteiger partial charge on any atom is -0.496 e. The third-order valence-corrected chi connectivity index (χ3v) is 3.76. The molecule has 0 fully saturated rings. The summed E-state index contributed by atoms with van der Waals surface area (Å²) in [5.74, 6) is 1.34. The van der Waals surface area contributed by atoms with Gasteiger partial charge in [0.15, 0.2) is 6.61 Å². The number of para-hydroxylation sites is 2. The molecule has 1 N–H and O–H groups in total. The molecule has 0 heterocycles. The average Bonchev–Trinajstić information content (AvgIpc) is 2.54. The summed E-state index contributed by atoms with van der Waals surface area (Å²) in [6.07, 6.45) is 0.713. The van der Waals surface area contributed by atoms with Gasteiger partial charge >= 0.3 is 0 Å². The van der Waals surface area contributed by atoms with E-state index in [1.807, 2.05) is 48.5 Å². The molecule has 2 rings (SSSR count). The minimum absolute atomic E-state index is 0.00542. The predicted octanol–water partition coefficient (Wildman–Crippen LogP) is 3.20. The number of benzene rings is 2. The number of amides is 1. The van der Waals surface area contributed by atoms with Crippen LogP contribution in [0.4, 0.5) is 0 Å². The van der Waals surface area contributed by atoms with Crippen LogP contribution in [-0.4, -0.2) is 26.2 Å². The molecule has 4 nitrogen and oxygen atoms in total. The molecule has 0 aliphatic heterocycles. The lowest BCUT2D eigenvalue weighted by molar-refractivity contribution is -0.123. The summed E-state index contributed by atoms with van der Waals surface area (Å²) in [7, 11) is 1.64. The second kappa shape index (κ2) is 8.44. The van der Waals surface area contributed by atoms with Crippen molar-refractivity contribution in [2.75, 3.05) is 20.3 Å². The Hall–Kier alpha value is -2.01. The van der Waals surface area contributed by atoms with E-state index in [1.54, 1.807) is 7.11 Å². The zero-order chi connectivity index (χ0) is 15.8. The number of rotatable bonds is 7. The monoisotopic (exact) mass is 363 g/mol. The van der Waals surface area contributed by atoms with Gasteiger partial charge in [-0.1, -0.05) is 30.3 Å². The van der Waals surface area contributed by atoms with Crippen LogP contribution < -0.4 is 14.8 Å². The fourth-order valence-corrected chi connectivity index (χ4v) is 2.40. The fourth-order valence-electron chi connectivity index (χ4n) is 2.00. The number of hydrogen-bond acceptors (Lipinski definition) is 3. The number of ether oxygens (including phenoxy) is 2. The highest BCUT2D eigenvalue weighted by atomic mass is 79.9. The Morgan fingerprint density at radius 2 is 1.77 bits per heavy atom. The molecular weight excluding hydrogens is 346 g/mol. The van der Waals surface area contributed by atoms with Crippen molar-refractivity contribution >= 4 is 21.8 Å². The van der Waals surface area contributed by atoms with Crippen LogP contribution >= 0.6 is 15.9 Å². The summed E-state index contributed by atoms with van der Waals surface area (Å²) in [5.41, 5.74) is 1.07. The smallest absolute Gasteiger partial charge is 0.257 e.